The Bertz CT molecular complexity index is 1240. The van der Waals surface area contributed by atoms with Gasteiger partial charge in [0.15, 0.2) is 11.6 Å². The molecule has 2 atom stereocenters. The van der Waals surface area contributed by atoms with E-state index < -0.39 is 0 Å². The number of hydrogen-bond donors (Lipinski definition) is 0. The van der Waals surface area contributed by atoms with Crippen LogP contribution < -0.4 is 0 Å². The summed E-state index contributed by atoms with van der Waals surface area (Å²) >= 11 is 0. The first-order chi connectivity index (χ1) is 16.7. The van der Waals surface area contributed by atoms with Gasteiger partial charge in [0.25, 0.3) is 0 Å². The maximum atomic E-state index is 12.7. The number of carbonyl (C=O) groups is 2. The molecule has 0 fully saturated rings. The predicted molar refractivity (Wildman–Crippen MR) is 137 cm³/mol. The Labute approximate surface area is 200 Å². The molecule has 0 radical (unpaired) electrons. The normalized spacial score (nSPS) is 22.4. The second-order valence-electron chi connectivity index (χ2n) is 9.10. The molecule has 0 spiro atoms. The van der Waals surface area contributed by atoms with Gasteiger partial charge >= 0.3 is 0 Å². The minimum atomic E-state index is -0.347. The van der Waals surface area contributed by atoms with Crippen molar-refractivity contribution in [2.24, 2.45) is 21.8 Å². The molecule has 0 bridgehead atoms. The van der Waals surface area contributed by atoms with Crippen molar-refractivity contribution in [3.8, 4) is 0 Å². The van der Waals surface area contributed by atoms with E-state index in [1.165, 1.54) is 23.6 Å². The molecule has 2 heterocycles. The van der Waals surface area contributed by atoms with E-state index in [1.54, 1.807) is 6.08 Å². The molecule has 0 aromatic heterocycles. The van der Waals surface area contributed by atoms with Crippen LogP contribution in [0.1, 0.15) is 37.7 Å². The lowest BCUT2D eigenvalue weighted by molar-refractivity contribution is -0.118. The van der Waals surface area contributed by atoms with Gasteiger partial charge in [-0.3, -0.25) is 14.6 Å². The molecule has 1 aromatic rings. The van der Waals surface area contributed by atoms with Crippen molar-refractivity contribution in [3.63, 3.8) is 0 Å². The third kappa shape index (κ3) is 5.12. The molecule has 4 heteroatoms. The highest BCUT2D eigenvalue weighted by Gasteiger charge is 2.27. The summed E-state index contributed by atoms with van der Waals surface area (Å²) in [5.41, 5.74) is 5.65. The molecule has 2 unspecified atom stereocenters. The minimum Gasteiger partial charge on any atom is -0.294 e. The van der Waals surface area contributed by atoms with E-state index in [9.17, 15) is 9.59 Å². The molecule has 2 aliphatic carbocycles. The lowest BCUT2D eigenvalue weighted by Crippen LogP contribution is -2.26. The van der Waals surface area contributed by atoms with Crippen molar-refractivity contribution in [2.75, 3.05) is 0 Å². The summed E-state index contributed by atoms with van der Waals surface area (Å²) in [6.45, 7) is 0. The van der Waals surface area contributed by atoms with Crippen LogP contribution in [0.3, 0.4) is 0 Å². The number of unbranched alkanes of at least 4 members (excludes halogenated alkanes) is 1. The van der Waals surface area contributed by atoms with E-state index in [2.05, 4.69) is 59.6 Å². The molecule has 4 nitrogen and oxygen atoms in total. The van der Waals surface area contributed by atoms with E-state index in [4.69, 9.17) is 4.99 Å². The number of hydrogen-bond acceptors (Lipinski definition) is 4. The molecule has 4 aliphatic rings. The predicted octanol–water partition coefficient (Wildman–Crippen LogP) is 5.85. The zero-order valence-electron chi connectivity index (χ0n) is 19.2. The van der Waals surface area contributed by atoms with Crippen LogP contribution in [0.5, 0.6) is 0 Å². The second kappa shape index (κ2) is 10.1. The SMILES string of the molecule is O=C(CCC1=CC2C=C(CCCCc3ccccc3)C=CC2=N1)C1=CC(=O)C2C=CC=CC2=N1. The Morgan fingerprint density at radius 2 is 1.71 bits per heavy atom. The van der Waals surface area contributed by atoms with Gasteiger partial charge in [0.2, 0.25) is 0 Å². The number of aryl methyl sites for hydroxylation is 1. The van der Waals surface area contributed by atoms with Crippen LogP contribution in [0.15, 0.2) is 112 Å². The summed E-state index contributed by atoms with van der Waals surface area (Å²) in [5.74, 6) is -0.329. The van der Waals surface area contributed by atoms with E-state index in [0.29, 0.717) is 18.6 Å². The second-order valence-corrected chi connectivity index (χ2v) is 9.10. The summed E-state index contributed by atoms with van der Waals surface area (Å²) in [6.07, 6.45) is 22.8. The highest BCUT2D eigenvalue weighted by molar-refractivity contribution is 6.21. The smallest absolute Gasteiger partial charge is 0.181 e. The Morgan fingerprint density at radius 3 is 2.59 bits per heavy atom. The quantitative estimate of drug-likeness (QED) is 0.445. The maximum absolute atomic E-state index is 12.7. The number of benzene rings is 1. The van der Waals surface area contributed by atoms with Gasteiger partial charge < -0.3 is 0 Å². The van der Waals surface area contributed by atoms with Crippen molar-refractivity contribution in [1.82, 2.24) is 0 Å². The number of allylic oxidation sites excluding steroid dienone is 12. The molecular weight excluding hydrogens is 420 g/mol. The standard InChI is InChI=1S/C30H28N2O2/c33-29(28-20-30(34)25-12-6-7-13-27(25)32-28)17-15-24-19-23-18-22(14-16-26(23)31-24)11-5-4-10-21-8-2-1-3-9-21/h1-3,6-9,12-14,16,18-20,23,25H,4-5,10-11,15,17H2. The largest absolute Gasteiger partial charge is 0.294 e. The van der Waals surface area contributed by atoms with Crippen LogP contribution in [0.4, 0.5) is 0 Å². The van der Waals surface area contributed by atoms with E-state index in [1.807, 2.05) is 18.2 Å². The zero-order chi connectivity index (χ0) is 23.3. The summed E-state index contributed by atoms with van der Waals surface area (Å²) < 4.78 is 0. The fourth-order valence-corrected chi connectivity index (χ4v) is 4.73. The number of rotatable bonds is 9. The first-order valence-corrected chi connectivity index (χ1v) is 12.1. The van der Waals surface area contributed by atoms with Crippen molar-refractivity contribution < 1.29 is 9.59 Å². The maximum Gasteiger partial charge on any atom is 0.181 e. The van der Waals surface area contributed by atoms with Crippen LogP contribution in [0, 0.1) is 11.8 Å². The number of ketones is 2. The van der Waals surface area contributed by atoms with Gasteiger partial charge in [0, 0.05) is 24.1 Å². The molecule has 0 saturated heterocycles. The minimum absolute atomic E-state index is 0.0770. The Morgan fingerprint density at radius 1 is 0.853 bits per heavy atom. The lowest BCUT2D eigenvalue weighted by Gasteiger charge is -2.18. The number of Topliss-reactive ketones (excluding diaryl/α,β-unsaturated/α-hetero) is 1. The van der Waals surface area contributed by atoms with Crippen molar-refractivity contribution in [2.45, 2.75) is 38.5 Å². The molecule has 34 heavy (non-hydrogen) atoms. The highest BCUT2D eigenvalue weighted by Crippen LogP contribution is 2.29. The average molecular weight is 449 g/mol. The summed E-state index contributed by atoms with van der Waals surface area (Å²) in [5, 5.41) is 0. The van der Waals surface area contributed by atoms with Gasteiger partial charge in [0.05, 0.1) is 17.3 Å². The molecule has 2 aliphatic heterocycles. The van der Waals surface area contributed by atoms with Gasteiger partial charge in [-0.05, 0) is 49.8 Å². The lowest BCUT2D eigenvalue weighted by atomic mass is 9.90. The van der Waals surface area contributed by atoms with Crippen LogP contribution in [0.2, 0.25) is 0 Å². The summed E-state index contributed by atoms with van der Waals surface area (Å²) in [7, 11) is 0. The monoisotopic (exact) mass is 448 g/mol. The van der Waals surface area contributed by atoms with Gasteiger partial charge in [0.1, 0.15) is 5.70 Å². The molecule has 0 amide bonds. The van der Waals surface area contributed by atoms with Gasteiger partial charge in [-0.15, -0.1) is 0 Å². The molecule has 0 saturated carbocycles. The topological polar surface area (TPSA) is 58.9 Å². The molecule has 0 N–H and O–H groups in total. The third-order valence-electron chi connectivity index (χ3n) is 6.60. The van der Waals surface area contributed by atoms with Gasteiger partial charge in [-0.1, -0.05) is 72.4 Å². The fourth-order valence-electron chi connectivity index (χ4n) is 4.73. The van der Waals surface area contributed by atoms with Gasteiger partial charge in [-0.2, -0.15) is 0 Å². The van der Waals surface area contributed by atoms with E-state index >= 15 is 0 Å². The molecule has 5 rings (SSSR count). The van der Waals surface area contributed by atoms with E-state index in [0.717, 1.165) is 30.7 Å². The summed E-state index contributed by atoms with van der Waals surface area (Å²) in [4.78, 5) is 34.2. The first-order valence-electron chi connectivity index (χ1n) is 12.1. The molecule has 1 aromatic carbocycles. The Hall–Kier alpha value is -3.66. The average Bonchev–Trinajstić information content (AvgIpc) is 3.28. The Balaban J connectivity index is 1.12. The van der Waals surface area contributed by atoms with Crippen molar-refractivity contribution in [3.05, 3.63) is 108 Å². The van der Waals surface area contributed by atoms with E-state index in [-0.39, 0.29) is 29.1 Å². The van der Waals surface area contributed by atoms with Crippen LogP contribution >= 0.6 is 0 Å². The van der Waals surface area contributed by atoms with Crippen LogP contribution in [-0.2, 0) is 16.0 Å². The van der Waals surface area contributed by atoms with Crippen molar-refractivity contribution >= 4 is 23.0 Å². The highest BCUT2D eigenvalue weighted by atomic mass is 16.1. The fraction of sp³-hybridized carbons (Fsp3) is 0.267. The number of nitrogens with zero attached hydrogens (tertiary/aromatic N) is 2. The number of fused-ring (bicyclic) bond motifs is 2. The van der Waals surface area contributed by atoms with Crippen LogP contribution in [0.25, 0.3) is 0 Å². The summed E-state index contributed by atoms with van der Waals surface area (Å²) in [6, 6.07) is 10.6. The number of carbonyl (C=O) groups excluding carboxylic acids is 2. The first kappa shape index (κ1) is 22.1. The molecule has 170 valence electrons. The Kier molecular flexibility index (Phi) is 6.57. The van der Waals surface area contributed by atoms with Crippen LogP contribution in [-0.4, -0.2) is 23.0 Å². The van der Waals surface area contributed by atoms with Crippen molar-refractivity contribution in [1.29, 1.82) is 0 Å². The zero-order valence-corrected chi connectivity index (χ0v) is 19.2. The third-order valence-corrected chi connectivity index (χ3v) is 6.60. The molecular formula is C30H28N2O2. The van der Waals surface area contributed by atoms with Gasteiger partial charge in [-0.25, -0.2) is 4.99 Å². The number of aliphatic imine (C=N–C) groups is 2.